The predicted molar refractivity (Wildman–Crippen MR) is 63.8 cm³/mol. The van der Waals surface area contributed by atoms with Gasteiger partial charge in [0.1, 0.15) is 0 Å². The van der Waals surface area contributed by atoms with Gasteiger partial charge in [-0.05, 0) is 24.8 Å². The van der Waals surface area contributed by atoms with Crippen LogP contribution in [0.1, 0.15) is 30.9 Å². The van der Waals surface area contributed by atoms with E-state index in [-0.39, 0.29) is 6.04 Å². The van der Waals surface area contributed by atoms with Crippen LogP contribution < -0.4 is 0 Å². The Morgan fingerprint density at radius 1 is 1.41 bits per heavy atom. The summed E-state index contributed by atoms with van der Waals surface area (Å²) < 4.78 is 0. The van der Waals surface area contributed by atoms with Gasteiger partial charge >= 0.3 is 6.09 Å². The van der Waals surface area contributed by atoms with Crippen molar-refractivity contribution >= 4 is 6.09 Å². The van der Waals surface area contributed by atoms with Gasteiger partial charge in [0, 0.05) is 12.6 Å². The van der Waals surface area contributed by atoms with E-state index in [0.29, 0.717) is 13.0 Å². The van der Waals surface area contributed by atoms with Crippen molar-refractivity contribution in [3.05, 3.63) is 35.9 Å². The van der Waals surface area contributed by atoms with Crippen molar-refractivity contribution < 1.29 is 15.0 Å². The van der Waals surface area contributed by atoms with E-state index in [1.807, 2.05) is 30.3 Å². The Morgan fingerprint density at radius 2 is 2.12 bits per heavy atom. The minimum atomic E-state index is -0.882. The minimum absolute atomic E-state index is 0.0530. The van der Waals surface area contributed by atoms with E-state index in [2.05, 4.69) is 0 Å². The zero-order valence-corrected chi connectivity index (χ0v) is 9.62. The summed E-state index contributed by atoms with van der Waals surface area (Å²) in [7, 11) is 0. The molecule has 1 heterocycles. The first-order valence-electron chi connectivity index (χ1n) is 5.91. The van der Waals surface area contributed by atoms with Crippen LogP contribution in [-0.2, 0) is 0 Å². The van der Waals surface area contributed by atoms with Crippen LogP contribution in [0, 0.1) is 0 Å². The maximum atomic E-state index is 11.0. The topological polar surface area (TPSA) is 60.8 Å². The second-order valence-electron chi connectivity index (χ2n) is 4.43. The lowest BCUT2D eigenvalue weighted by Crippen LogP contribution is -2.35. The van der Waals surface area contributed by atoms with Gasteiger partial charge in [0.15, 0.2) is 0 Å². The summed E-state index contributed by atoms with van der Waals surface area (Å²) in [5, 5.41) is 19.1. The summed E-state index contributed by atoms with van der Waals surface area (Å²) in [5.74, 6) is 0. The molecule has 4 heteroatoms. The van der Waals surface area contributed by atoms with Gasteiger partial charge in [-0.2, -0.15) is 0 Å². The molecule has 0 aromatic heterocycles. The van der Waals surface area contributed by atoms with Crippen molar-refractivity contribution in [2.24, 2.45) is 0 Å². The van der Waals surface area contributed by atoms with Crippen molar-refractivity contribution in [3.8, 4) is 0 Å². The fraction of sp³-hybridized carbons (Fsp3) is 0.462. The standard InChI is InChI=1S/C13H17NO3/c15-12(10-5-2-1-3-6-10)9-11-7-4-8-14(11)13(16)17/h1-3,5-6,11-12,15H,4,7-9H2,(H,16,17)/t11-,12+/m0/s1. The monoisotopic (exact) mass is 235 g/mol. The Balaban J connectivity index is 1.99. The van der Waals surface area contributed by atoms with Gasteiger partial charge in [-0.1, -0.05) is 30.3 Å². The third-order valence-corrected chi connectivity index (χ3v) is 3.30. The molecular formula is C13H17NO3. The number of carboxylic acid groups (broad SMARTS) is 1. The van der Waals surface area contributed by atoms with Gasteiger partial charge in [-0.15, -0.1) is 0 Å². The van der Waals surface area contributed by atoms with Crippen LogP contribution in [0.4, 0.5) is 4.79 Å². The van der Waals surface area contributed by atoms with Gasteiger partial charge < -0.3 is 15.1 Å². The van der Waals surface area contributed by atoms with Crippen LogP contribution in [0.3, 0.4) is 0 Å². The molecule has 0 radical (unpaired) electrons. The van der Waals surface area contributed by atoms with Crippen molar-refractivity contribution in [3.63, 3.8) is 0 Å². The number of amides is 1. The molecule has 0 spiro atoms. The molecule has 1 saturated heterocycles. The number of nitrogens with zero attached hydrogens (tertiary/aromatic N) is 1. The Morgan fingerprint density at radius 3 is 2.76 bits per heavy atom. The summed E-state index contributed by atoms with van der Waals surface area (Å²) in [4.78, 5) is 12.4. The van der Waals surface area contributed by atoms with E-state index in [1.54, 1.807) is 0 Å². The maximum Gasteiger partial charge on any atom is 0.407 e. The number of hydrogen-bond acceptors (Lipinski definition) is 2. The molecule has 1 aromatic carbocycles. The van der Waals surface area contributed by atoms with E-state index in [9.17, 15) is 9.90 Å². The molecule has 1 aliphatic heterocycles. The van der Waals surface area contributed by atoms with E-state index in [4.69, 9.17) is 5.11 Å². The van der Waals surface area contributed by atoms with Gasteiger partial charge in [0.05, 0.1) is 6.10 Å². The average Bonchev–Trinajstić information content (AvgIpc) is 2.78. The summed E-state index contributed by atoms with van der Waals surface area (Å²) in [6.45, 7) is 0.585. The minimum Gasteiger partial charge on any atom is -0.465 e. The number of likely N-dealkylation sites (tertiary alicyclic amines) is 1. The van der Waals surface area contributed by atoms with E-state index < -0.39 is 12.2 Å². The Labute approximate surface area is 100 Å². The van der Waals surface area contributed by atoms with Crippen LogP contribution in [0.2, 0.25) is 0 Å². The van der Waals surface area contributed by atoms with E-state index in [1.165, 1.54) is 4.90 Å². The predicted octanol–water partition coefficient (Wildman–Crippen LogP) is 2.25. The Bertz CT molecular complexity index is 380. The molecule has 4 nitrogen and oxygen atoms in total. The number of aliphatic hydroxyl groups excluding tert-OH is 1. The highest BCUT2D eigenvalue weighted by Gasteiger charge is 2.30. The average molecular weight is 235 g/mol. The molecule has 0 saturated carbocycles. The third kappa shape index (κ3) is 2.77. The molecule has 0 bridgehead atoms. The van der Waals surface area contributed by atoms with Crippen LogP contribution in [-0.4, -0.2) is 33.8 Å². The molecular weight excluding hydrogens is 218 g/mol. The summed E-state index contributed by atoms with van der Waals surface area (Å²) in [5.41, 5.74) is 0.852. The molecule has 17 heavy (non-hydrogen) atoms. The third-order valence-electron chi connectivity index (χ3n) is 3.30. The molecule has 2 N–H and O–H groups in total. The first-order valence-corrected chi connectivity index (χ1v) is 5.91. The van der Waals surface area contributed by atoms with Crippen LogP contribution in [0.5, 0.6) is 0 Å². The molecule has 2 atom stereocenters. The molecule has 1 aliphatic rings. The van der Waals surface area contributed by atoms with Crippen LogP contribution in [0.25, 0.3) is 0 Å². The second kappa shape index (κ2) is 5.19. The zero-order chi connectivity index (χ0) is 12.3. The van der Waals surface area contributed by atoms with Crippen LogP contribution in [0.15, 0.2) is 30.3 Å². The first kappa shape index (κ1) is 11.9. The number of hydrogen-bond donors (Lipinski definition) is 2. The van der Waals surface area contributed by atoms with E-state index in [0.717, 1.165) is 18.4 Å². The van der Waals surface area contributed by atoms with Crippen LogP contribution >= 0.6 is 0 Å². The number of aliphatic hydroxyl groups is 1. The lowest BCUT2D eigenvalue weighted by atomic mass is 10.0. The Hall–Kier alpha value is -1.55. The maximum absolute atomic E-state index is 11.0. The molecule has 1 fully saturated rings. The quantitative estimate of drug-likeness (QED) is 0.844. The van der Waals surface area contributed by atoms with Gasteiger partial charge in [0.25, 0.3) is 0 Å². The van der Waals surface area contributed by atoms with Crippen molar-refractivity contribution in [1.82, 2.24) is 4.90 Å². The van der Waals surface area contributed by atoms with Crippen molar-refractivity contribution in [2.75, 3.05) is 6.54 Å². The molecule has 2 rings (SSSR count). The summed E-state index contributed by atoms with van der Waals surface area (Å²) in [6, 6.07) is 9.33. The molecule has 0 unspecified atom stereocenters. The van der Waals surface area contributed by atoms with Crippen molar-refractivity contribution in [1.29, 1.82) is 0 Å². The highest BCUT2D eigenvalue weighted by Crippen LogP contribution is 2.27. The largest absolute Gasteiger partial charge is 0.465 e. The lowest BCUT2D eigenvalue weighted by Gasteiger charge is -2.24. The number of benzene rings is 1. The second-order valence-corrected chi connectivity index (χ2v) is 4.43. The lowest BCUT2D eigenvalue weighted by molar-refractivity contribution is 0.106. The first-order chi connectivity index (χ1) is 8.18. The fourth-order valence-corrected chi connectivity index (χ4v) is 2.40. The molecule has 0 aliphatic carbocycles. The Kier molecular flexibility index (Phi) is 3.64. The SMILES string of the molecule is O=C(O)N1CCC[C@H]1C[C@@H](O)c1ccccc1. The molecule has 1 aromatic rings. The zero-order valence-electron chi connectivity index (χ0n) is 9.62. The number of carbonyl (C=O) groups is 1. The summed E-state index contributed by atoms with van der Waals surface area (Å²) in [6.07, 6.45) is 0.749. The van der Waals surface area contributed by atoms with Gasteiger partial charge in [-0.25, -0.2) is 4.79 Å². The number of rotatable bonds is 3. The molecule has 1 amide bonds. The highest BCUT2D eigenvalue weighted by molar-refractivity contribution is 5.65. The smallest absolute Gasteiger partial charge is 0.407 e. The van der Waals surface area contributed by atoms with Gasteiger partial charge in [0.2, 0.25) is 0 Å². The van der Waals surface area contributed by atoms with E-state index >= 15 is 0 Å². The summed E-state index contributed by atoms with van der Waals surface area (Å²) >= 11 is 0. The molecule has 92 valence electrons. The van der Waals surface area contributed by atoms with Crippen molar-refractivity contribution in [2.45, 2.75) is 31.4 Å². The highest BCUT2D eigenvalue weighted by atomic mass is 16.4. The normalized spacial score (nSPS) is 21.5. The fourth-order valence-electron chi connectivity index (χ4n) is 2.40. The van der Waals surface area contributed by atoms with Gasteiger partial charge in [-0.3, -0.25) is 0 Å².